The van der Waals surface area contributed by atoms with Crippen LogP contribution in [0.4, 0.5) is 0 Å². The molecule has 0 spiro atoms. The third-order valence-electron chi connectivity index (χ3n) is 2.82. The van der Waals surface area contributed by atoms with Gasteiger partial charge in [-0.1, -0.05) is 13.0 Å². The number of aromatic hydroxyl groups is 1. The second-order valence-corrected chi connectivity index (χ2v) is 4.34. The smallest absolute Gasteiger partial charge is 0.251 e. The van der Waals surface area contributed by atoms with Gasteiger partial charge >= 0.3 is 0 Å². The van der Waals surface area contributed by atoms with E-state index < -0.39 is 0 Å². The molecule has 0 heterocycles. The van der Waals surface area contributed by atoms with Crippen LogP contribution in [0.25, 0.3) is 0 Å². The zero-order valence-corrected chi connectivity index (χ0v) is 10.4. The summed E-state index contributed by atoms with van der Waals surface area (Å²) in [5, 5.41) is 12.4. The van der Waals surface area contributed by atoms with Gasteiger partial charge < -0.3 is 16.2 Å². The highest BCUT2D eigenvalue weighted by atomic mass is 16.3. The Balaban J connectivity index is 2.61. The Morgan fingerprint density at radius 3 is 2.88 bits per heavy atom. The molecule has 1 aromatic rings. The van der Waals surface area contributed by atoms with E-state index in [4.69, 9.17) is 5.73 Å². The molecule has 1 aromatic carbocycles. The first-order valence-corrected chi connectivity index (χ1v) is 5.83. The molecule has 17 heavy (non-hydrogen) atoms. The van der Waals surface area contributed by atoms with Crippen molar-refractivity contribution in [1.29, 1.82) is 0 Å². The molecule has 0 radical (unpaired) electrons. The molecular formula is C13H20N2O2. The quantitative estimate of drug-likeness (QED) is 0.723. The Morgan fingerprint density at radius 1 is 1.53 bits per heavy atom. The molecule has 0 saturated heterocycles. The van der Waals surface area contributed by atoms with Gasteiger partial charge in [0.25, 0.3) is 5.91 Å². The van der Waals surface area contributed by atoms with Crippen LogP contribution in [-0.2, 0) is 0 Å². The average Bonchev–Trinajstić information content (AvgIpc) is 2.30. The molecule has 1 rings (SSSR count). The number of carbonyl (C=O) groups is 1. The average molecular weight is 236 g/mol. The van der Waals surface area contributed by atoms with Gasteiger partial charge in [-0.25, -0.2) is 0 Å². The number of hydrogen-bond acceptors (Lipinski definition) is 3. The zero-order chi connectivity index (χ0) is 12.8. The minimum Gasteiger partial charge on any atom is -0.508 e. The Morgan fingerprint density at radius 2 is 2.24 bits per heavy atom. The number of nitrogens with two attached hydrogens (primary N) is 1. The molecular weight excluding hydrogens is 216 g/mol. The van der Waals surface area contributed by atoms with Gasteiger partial charge in [-0.2, -0.15) is 0 Å². The first-order valence-electron chi connectivity index (χ1n) is 5.83. The van der Waals surface area contributed by atoms with Gasteiger partial charge in [0, 0.05) is 17.7 Å². The molecule has 4 heteroatoms. The van der Waals surface area contributed by atoms with Crippen molar-refractivity contribution in [2.75, 3.05) is 13.1 Å². The van der Waals surface area contributed by atoms with E-state index in [0.717, 1.165) is 6.42 Å². The number of amides is 1. The summed E-state index contributed by atoms with van der Waals surface area (Å²) in [4.78, 5) is 11.9. The van der Waals surface area contributed by atoms with Crippen molar-refractivity contribution in [3.8, 4) is 5.75 Å². The molecule has 4 nitrogen and oxygen atoms in total. The van der Waals surface area contributed by atoms with Crippen molar-refractivity contribution >= 4 is 5.91 Å². The number of phenolic OH excluding ortho intramolecular Hbond substituents is 1. The largest absolute Gasteiger partial charge is 0.508 e. The monoisotopic (exact) mass is 236 g/mol. The van der Waals surface area contributed by atoms with Crippen molar-refractivity contribution in [2.45, 2.75) is 20.3 Å². The van der Waals surface area contributed by atoms with Gasteiger partial charge in [0.1, 0.15) is 5.75 Å². The number of hydrogen-bond donors (Lipinski definition) is 3. The second kappa shape index (κ2) is 6.25. The van der Waals surface area contributed by atoms with Crippen molar-refractivity contribution in [2.24, 2.45) is 11.7 Å². The van der Waals surface area contributed by atoms with E-state index in [2.05, 4.69) is 5.32 Å². The van der Waals surface area contributed by atoms with Gasteiger partial charge in [-0.3, -0.25) is 4.79 Å². The standard InChI is InChI=1S/C13H20N2O2/c1-9(6-7-14)8-15-13(17)11-4-3-5-12(16)10(11)2/h3-5,9,16H,6-8,14H2,1-2H3,(H,15,17). The first kappa shape index (κ1) is 13.5. The fourth-order valence-electron chi connectivity index (χ4n) is 1.62. The summed E-state index contributed by atoms with van der Waals surface area (Å²) in [7, 11) is 0. The van der Waals surface area contributed by atoms with Crippen molar-refractivity contribution in [1.82, 2.24) is 5.32 Å². The predicted octanol–water partition coefficient (Wildman–Crippen LogP) is 1.42. The Labute approximate surface area is 102 Å². The maximum Gasteiger partial charge on any atom is 0.251 e. The van der Waals surface area contributed by atoms with E-state index in [1.807, 2.05) is 6.92 Å². The minimum absolute atomic E-state index is 0.146. The maximum absolute atomic E-state index is 11.9. The van der Waals surface area contributed by atoms with Crippen LogP contribution in [0.15, 0.2) is 18.2 Å². The third kappa shape index (κ3) is 3.75. The summed E-state index contributed by atoms with van der Waals surface area (Å²) < 4.78 is 0. The third-order valence-corrected chi connectivity index (χ3v) is 2.82. The number of benzene rings is 1. The Bertz CT molecular complexity index is 391. The molecule has 0 aromatic heterocycles. The van der Waals surface area contributed by atoms with Crippen molar-refractivity contribution < 1.29 is 9.90 Å². The molecule has 4 N–H and O–H groups in total. The number of rotatable bonds is 5. The van der Waals surface area contributed by atoms with E-state index in [9.17, 15) is 9.90 Å². The van der Waals surface area contributed by atoms with E-state index in [1.165, 1.54) is 0 Å². The molecule has 1 atom stereocenters. The summed E-state index contributed by atoms with van der Waals surface area (Å²) in [6.07, 6.45) is 0.888. The second-order valence-electron chi connectivity index (χ2n) is 4.34. The Kier molecular flexibility index (Phi) is 4.97. The van der Waals surface area contributed by atoms with Gasteiger partial charge in [0.15, 0.2) is 0 Å². The van der Waals surface area contributed by atoms with Gasteiger partial charge in [0.2, 0.25) is 0 Å². The van der Waals surface area contributed by atoms with Crippen molar-refractivity contribution in [3.63, 3.8) is 0 Å². The molecule has 0 aliphatic heterocycles. The maximum atomic E-state index is 11.9. The highest BCUT2D eigenvalue weighted by molar-refractivity contribution is 5.96. The summed E-state index contributed by atoms with van der Waals surface area (Å²) in [6.45, 7) is 5.00. The number of phenols is 1. The van der Waals surface area contributed by atoms with Gasteiger partial charge in [-0.05, 0) is 37.9 Å². The fraction of sp³-hybridized carbons (Fsp3) is 0.462. The van der Waals surface area contributed by atoms with Gasteiger partial charge in [-0.15, -0.1) is 0 Å². The predicted molar refractivity (Wildman–Crippen MR) is 68.0 cm³/mol. The highest BCUT2D eigenvalue weighted by Crippen LogP contribution is 2.19. The molecule has 1 unspecified atom stereocenters. The van der Waals surface area contributed by atoms with Crippen LogP contribution in [0.2, 0.25) is 0 Å². The number of nitrogens with one attached hydrogen (secondary N) is 1. The van der Waals surface area contributed by atoms with Crippen LogP contribution < -0.4 is 11.1 Å². The summed E-state index contributed by atoms with van der Waals surface area (Å²) in [5.41, 5.74) is 6.57. The van der Waals surface area contributed by atoms with Crippen LogP contribution in [0.5, 0.6) is 5.75 Å². The van der Waals surface area contributed by atoms with E-state index in [1.54, 1.807) is 25.1 Å². The van der Waals surface area contributed by atoms with Gasteiger partial charge in [0.05, 0.1) is 0 Å². The molecule has 94 valence electrons. The lowest BCUT2D eigenvalue weighted by Gasteiger charge is -2.12. The van der Waals surface area contributed by atoms with E-state index in [-0.39, 0.29) is 11.7 Å². The number of carbonyl (C=O) groups excluding carboxylic acids is 1. The van der Waals surface area contributed by atoms with Crippen LogP contribution >= 0.6 is 0 Å². The highest BCUT2D eigenvalue weighted by Gasteiger charge is 2.11. The molecule has 1 amide bonds. The lowest BCUT2D eigenvalue weighted by Crippen LogP contribution is -2.29. The van der Waals surface area contributed by atoms with E-state index in [0.29, 0.717) is 30.1 Å². The summed E-state index contributed by atoms with van der Waals surface area (Å²) in [5.74, 6) is 0.358. The minimum atomic E-state index is -0.151. The lowest BCUT2D eigenvalue weighted by atomic mass is 10.1. The molecule has 0 fully saturated rings. The van der Waals surface area contributed by atoms with Crippen LogP contribution in [0.1, 0.15) is 29.3 Å². The molecule has 0 aliphatic carbocycles. The molecule has 0 saturated carbocycles. The summed E-state index contributed by atoms with van der Waals surface area (Å²) in [6, 6.07) is 4.95. The van der Waals surface area contributed by atoms with Crippen LogP contribution in [-0.4, -0.2) is 24.1 Å². The van der Waals surface area contributed by atoms with Crippen LogP contribution in [0, 0.1) is 12.8 Å². The normalized spacial score (nSPS) is 12.2. The zero-order valence-electron chi connectivity index (χ0n) is 10.4. The first-order chi connectivity index (χ1) is 8.06. The molecule has 0 aliphatic rings. The SMILES string of the molecule is Cc1c(O)cccc1C(=O)NCC(C)CCN. The topological polar surface area (TPSA) is 75.3 Å². The fourth-order valence-corrected chi connectivity index (χ4v) is 1.62. The summed E-state index contributed by atoms with van der Waals surface area (Å²) >= 11 is 0. The van der Waals surface area contributed by atoms with E-state index >= 15 is 0 Å². The Hall–Kier alpha value is -1.55. The van der Waals surface area contributed by atoms with Crippen molar-refractivity contribution in [3.05, 3.63) is 29.3 Å². The lowest BCUT2D eigenvalue weighted by molar-refractivity contribution is 0.0946. The van der Waals surface area contributed by atoms with Crippen LogP contribution in [0.3, 0.4) is 0 Å². The molecule has 0 bridgehead atoms.